The van der Waals surface area contributed by atoms with E-state index in [-0.39, 0.29) is 28.2 Å². The topological polar surface area (TPSA) is 93.3 Å². The molecule has 1 aliphatic heterocycles. The molecule has 1 saturated heterocycles. The number of benzene rings is 2. The average Bonchev–Trinajstić information content (AvgIpc) is 3.58. The van der Waals surface area contributed by atoms with Gasteiger partial charge < -0.3 is 14.6 Å². The fourth-order valence-electron chi connectivity index (χ4n) is 7.44. The van der Waals surface area contributed by atoms with Crippen molar-refractivity contribution < 1.29 is 22.4 Å². The number of fused-ring (bicyclic) bond motifs is 1. The van der Waals surface area contributed by atoms with E-state index in [0.717, 1.165) is 68.8 Å². The Labute approximate surface area is 276 Å². The zero-order valence-corrected chi connectivity index (χ0v) is 26.9. The normalized spacial score (nSPS) is 18.3. The van der Waals surface area contributed by atoms with Crippen molar-refractivity contribution in [1.82, 2.24) is 25.0 Å². The van der Waals surface area contributed by atoms with Crippen molar-refractivity contribution in [3.8, 4) is 0 Å². The standard InChI is InChI=1S/C35H39ClF3N5O3/c36-27-9-6-24(7-10-27)18-28(42-33(46)32-20-30(45)29-19-26(35(37,38)39)8-11-31(29)47-32)12-15-43-16-13-34(14-17-43,21-44-23-40-22-41-44)25-4-2-1-3-5-25/h6-11,19-20,22-23,25,28H,1-5,12-18,21H2,(H,42,46). The molecule has 1 saturated carbocycles. The Morgan fingerprint density at radius 1 is 1.06 bits per heavy atom. The fourth-order valence-corrected chi connectivity index (χ4v) is 7.57. The molecular formula is C35H39ClF3N5O3. The third-order valence-electron chi connectivity index (χ3n) is 10.1. The van der Waals surface area contributed by atoms with E-state index in [2.05, 4.69) is 20.3 Å². The van der Waals surface area contributed by atoms with Crippen LogP contribution in [0.4, 0.5) is 13.2 Å². The molecule has 2 aromatic heterocycles. The molecule has 0 spiro atoms. The van der Waals surface area contributed by atoms with Gasteiger partial charge in [-0.15, -0.1) is 0 Å². The Balaban J connectivity index is 1.15. The molecule has 4 aromatic rings. The average molecular weight is 670 g/mol. The molecule has 0 radical (unpaired) electrons. The van der Waals surface area contributed by atoms with Gasteiger partial charge in [-0.25, -0.2) is 4.98 Å². The van der Waals surface area contributed by atoms with E-state index in [9.17, 15) is 22.8 Å². The van der Waals surface area contributed by atoms with E-state index in [0.29, 0.717) is 23.8 Å². The Hall–Kier alpha value is -3.70. The van der Waals surface area contributed by atoms with Crippen LogP contribution in [0.15, 0.2) is 70.4 Å². The first kappa shape index (κ1) is 33.2. The zero-order valence-electron chi connectivity index (χ0n) is 26.1. The lowest BCUT2D eigenvalue weighted by Gasteiger charge is -2.48. The van der Waals surface area contributed by atoms with Crippen LogP contribution in [0.3, 0.4) is 0 Å². The third kappa shape index (κ3) is 8.06. The molecule has 8 nitrogen and oxygen atoms in total. The molecule has 2 fully saturated rings. The summed E-state index contributed by atoms with van der Waals surface area (Å²) in [6.45, 7) is 3.55. The number of alkyl halides is 3. The highest BCUT2D eigenvalue weighted by Gasteiger charge is 2.42. The van der Waals surface area contributed by atoms with E-state index < -0.39 is 23.1 Å². The number of carbonyl (C=O) groups is 1. The monoisotopic (exact) mass is 669 g/mol. The highest BCUT2D eigenvalue weighted by Crippen LogP contribution is 2.47. The Bertz CT molecular complexity index is 1710. The maximum atomic E-state index is 13.4. The smallest absolute Gasteiger partial charge is 0.416 e. The second kappa shape index (κ2) is 14.2. The van der Waals surface area contributed by atoms with Crippen LogP contribution in [0.1, 0.15) is 73.0 Å². The maximum Gasteiger partial charge on any atom is 0.416 e. The molecule has 6 rings (SSSR count). The first-order chi connectivity index (χ1) is 22.6. The molecule has 0 bridgehead atoms. The van der Waals surface area contributed by atoms with Crippen LogP contribution in [0.5, 0.6) is 0 Å². The molecule has 1 amide bonds. The van der Waals surface area contributed by atoms with Gasteiger partial charge in [0.2, 0.25) is 0 Å². The van der Waals surface area contributed by atoms with Gasteiger partial charge in [0.1, 0.15) is 18.2 Å². The molecule has 1 unspecified atom stereocenters. The summed E-state index contributed by atoms with van der Waals surface area (Å²) in [4.78, 5) is 32.8. The van der Waals surface area contributed by atoms with Gasteiger partial charge in [0.15, 0.2) is 11.2 Å². The second-order valence-electron chi connectivity index (χ2n) is 13.1. The van der Waals surface area contributed by atoms with Gasteiger partial charge in [-0.1, -0.05) is 43.0 Å². The van der Waals surface area contributed by atoms with Gasteiger partial charge in [0, 0.05) is 30.2 Å². The number of hydrogen-bond acceptors (Lipinski definition) is 6. The quantitative estimate of drug-likeness (QED) is 0.193. The predicted molar refractivity (Wildman–Crippen MR) is 173 cm³/mol. The Morgan fingerprint density at radius 2 is 1.81 bits per heavy atom. The molecule has 1 aliphatic carbocycles. The SMILES string of the molecule is O=C(NC(CCN1CCC(Cn2cncn2)(C2CCCCC2)CC1)Cc1ccc(Cl)cc1)c1cc(=O)c2cc(C(F)(F)F)ccc2o1. The molecule has 1 atom stereocenters. The summed E-state index contributed by atoms with van der Waals surface area (Å²) >= 11 is 6.11. The minimum Gasteiger partial charge on any atom is -0.451 e. The van der Waals surface area contributed by atoms with Gasteiger partial charge in [-0.05, 0) is 98.8 Å². The number of likely N-dealkylation sites (tertiary alicyclic amines) is 1. The van der Waals surface area contributed by atoms with Crippen LogP contribution in [-0.4, -0.2) is 51.2 Å². The summed E-state index contributed by atoms with van der Waals surface area (Å²) < 4.78 is 47.2. The number of rotatable bonds is 10. The van der Waals surface area contributed by atoms with E-state index in [1.807, 2.05) is 23.1 Å². The number of aromatic nitrogens is 3. The van der Waals surface area contributed by atoms with Crippen LogP contribution < -0.4 is 10.7 Å². The number of amides is 1. The lowest BCUT2D eigenvalue weighted by Crippen LogP contribution is -2.48. The zero-order chi connectivity index (χ0) is 33.0. The largest absolute Gasteiger partial charge is 0.451 e. The van der Waals surface area contributed by atoms with Crippen molar-refractivity contribution in [3.63, 3.8) is 0 Å². The summed E-state index contributed by atoms with van der Waals surface area (Å²) in [5.41, 5.74) is -0.564. The summed E-state index contributed by atoms with van der Waals surface area (Å²) in [5, 5.41) is 7.85. The number of halogens is 4. The first-order valence-electron chi connectivity index (χ1n) is 16.3. The van der Waals surface area contributed by atoms with Gasteiger partial charge in [0.25, 0.3) is 5.91 Å². The van der Waals surface area contributed by atoms with Gasteiger partial charge in [-0.3, -0.25) is 14.3 Å². The van der Waals surface area contributed by atoms with Crippen molar-refractivity contribution >= 4 is 28.5 Å². The molecule has 250 valence electrons. The summed E-state index contributed by atoms with van der Waals surface area (Å²) in [7, 11) is 0. The number of piperidine rings is 1. The van der Waals surface area contributed by atoms with Crippen LogP contribution in [0.2, 0.25) is 5.02 Å². The third-order valence-corrected chi connectivity index (χ3v) is 10.3. The number of nitrogens with zero attached hydrogens (tertiary/aromatic N) is 4. The highest BCUT2D eigenvalue weighted by atomic mass is 35.5. The maximum absolute atomic E-state index is 13.4. The van der Waals surface area contributed by atoms with Gasteiger partial charge in [-0.2, -0.15) is 18.3 Å². The minimum absolute atomic E-state index is 0.0782. The van der Waals surface area contributed by atoms with E-state index in [1.54, 1.807) is 18.5 Å². The molecule has 2 aliphatic rings. The number of hydrogen-bond donors (Lipinski definition) is 1. The van der Waals surface area contributed by atoms with Crippen LogP contribution in [-0.2, 0) is 19.1 Å². The molecule has 12 heteroatoms. The van der Waals surface area contributed by atoms with Crippen molar-refractivity contribution in [2.75, 3.05) is 19.6 Å². The Morgan fingerprint density at radius 3 is 2.49 bits per heavy atom. The van der Waals surface area contributed by atoms with E-state index in [1.165, 1.54) is 32.1 Å². The molecular weight excluding hydrogens is 631 g/mol. The van der Waals surface area contributed by atoms with Crippen molar-refractivity contribution in [2.24, 2.45) is 11.3 Å². The predicted octanol–water partition coefficient (Wildman–Crippen LogP) is 7.15. The minimum atomic E-state index is -4.60. The van der Waals surface area contributed by atoms with Crippen molar-refractivity contribution in [3.05, 3.63) is 93.3 Å². The van der Waals surface area contributed by atoms with Crippen LogP contribution in [0, 0.1) is 11.3 Å². The van der Waals surface area contributed by atoms with E-state index >= 15 is 0 Å². The van der Waals surface area contributed by atoms with E-state index in [4.69, 9.17) is 16.0 Å². The molecule has 3 heterocycles. The van der Waals surface area contributed by atoms with Crippen molar-refractivity contribution in [2.45, 2.75) is 76.6 Å². The highest BCUT2D eigenvalue weighted by molar-refractivity contribution is 6.30. The summed E-state index contributed by atoms with van der Waals surface area (Å²) in [6, 6.07) is 10.8. The first-order valence-corrected chi connectivity index (χ1v) is 16.7. The summed E-state index contributed by atoms with van der Waals surface area (Å²) in [5.74, 6) is -0.159. The van der Waals surface area contributed by atoms with Crippen LogP contribution in [0.25, 0.3) is 11.0 Å². The molecule has 1 N–H and O–H groups in total. The molecule has 47 heavy (non-hydrogen) atoms. The lowest BCUT2D eigenvalue weighted by atomic mass is 9.63. The van der Waals surface area contributed by atoms with Crippen molar-refractivity contribution in [1.29, 1.82) is 0 Å². The number of nitrogens with one attached hydrogen (secondary N) is 1. The van der Waals surface area contributed by atoms with Gasteiger partial charge in [0.05, 0.1) is 10.9 Å². The fraction of sp³-hybridized carbons (Fsp3) is 0.486. The number of carbonyl (C=O) groups excluding carboxylic acids is 1. The van der Waals surface area contributed by atoms with Crippen LogP contribution >= 0.6 is 11.6 Å². The lowest BCUT2D eigenvalue weighted by molar-refractivity contribution is -0.137. The Kier molecular flexibility index (Phi) is 10.0. The molecule has 2 aromatic carbocycles. The van der Waals surface area contributed by atoms with Gasteiger partial charge >= 0.3 is 6.18 Å². The second-order valence-corrected chi connectivity index (χ2v) is 13.5. The summed E-state index contributed by atoms with van der Waals surface area (Å²) in [6.07, 6.45) is 8.55.